The van der Waals surface area contributed by atoms with E-state index in [4.69, 9.17) is 0 Å². The van der Waals surface area contributed by atoms with Gasteiger partial charge in [-0.1, -0.05) is 37.6 Å². The smallest absolute Gasteiger partial charge is 0.0596 e. The van der Waals surface area contributed by atoms with Gasteiger partial charge in [0.2, 0.25) is 0 Å². The van der Waals surface area contributed by atoms with Crippen LogP contribution < -0.4 is 0 Å². The first-order valence-electron chi connectivity index (χ1n) is 8.79. The summed E-state index contributed by atoms with van der Waals surface area (Å²) in [5, 5.41) is 10.5. The average Bonchev–Trinajstić information content (AvgIpc) is 2.76. The third kappa shape index (κ3) is 1.86. The molecule has 0 radical (unpaired) electrons. The normalized spacial score (nSPS) is 44.9. The van der Waals surface area contributed by atoms with Crippen molar-refractivity contribution in [3.05, 3.63) is 34.9 Å². The van der Waals surface area contributed by atoms with Crippen LogP contribution in [0, 0.1) is 24.2 Å². The van der Waals surface area contributed by atoms with E-state index < -0.39 is 0 Å². The predicted molar refractivity (Wildman–Crippen MR) is 86.5 cm³/mol. The largest absolute Gasteiger partial charge is 0.393 e. The number of aryl methyl sites for hydroxylation is 1. The molecular formula is C20H28O. The molecule has 114 valence electrons. The van der Waals surface area contributed by atoms with Crippen molar-refractivity contribution in [2.75, 3.05) is 0 Å². The van der Waals surface area contributed by atoms with Gasteiger partial charge in [-0.25, -0.2) is 0 Å². The molecule has 2 saturated carbocycles. The third-order valence-corrected chi connectivity index (χ3v) is 7.19. The summed E-state index contributed by atoms with van der Waals surface area (Å²) in [7, 11) is 0. The summed E-state index contributed by atoms with van der Waals surface area (Å²) in [6.07, 6.45) is 6.03. The summed E-state index contributed by atoms with van der Waals surface area (Å²) >= 11 is 0. The van der Waals surface area contributed by atoms with Gasteiger partial charge in [-0.15, -0.1) is 0 Å². The Bertz CT molecular complexity index is 563. The molecule has 0 saturated heterocycles. The van der Waals surface area contributed by atoms with Crippen molar-refractivity contribution in [1.29, 1.82) is 0 Å². The van der Waals surface area contributed by atoms with Crippen molar-refractivity contribution in [3.63, 3.8) is 0 Å². The van der Waals surface area contributed by atoms with Crippen LogP contribution in [0.15, 0.2) is 18.2 Å². The van der Waals surface area contributed by atoms with E-state index in [1.54, 1.807) is 11.1 Å². The monoisotopic (exact) mass is 284 g/mol. The first-order valence-corrected chi connectivity index (χ1v) is 8.79. The standard InChI is InChI=1S/C20H28O/c1-12-4-5-14-15-8-9-20(3)18(6-7-19(20)21)17(15)11-13(2)16(14)10-12/h4-5,10,13,15,17-19,21H,6-9,11H2,1-3H3/t13-,15?,17+,18?,19-,20-/m0/s1. The molecule has 3 aliphatic rings. The zero-order valence-corrected chi connectivity index (χ0v) is 13.6. The lowest BCUT2D eigenvalue weighted by molar-refractivity contribution is -0.0245. The fourth-order valence-corrected chi connectivity index (χ4v) is 5.97. The molecule has 6 atom stereocenters. The highest BCUT2D eigenvalue weighted by Crippen LogP contribution is 2.62. The molecule has 1 aromatic rings. The lowest BCUT2D eigenvalue weighted by Crippen LogP contribution is -2.44. The highest BCUT2D eigenvalue weighted by atomic mass is 16.3. The number of hydrogen-bond acceptors (Lipinski definition) is 1. The van der Waals surface area contributed by atoms with Crippen molar-refractivity contribution in [3.8, 4) is 0 Å². The van der Waals surface area contributed by atoms with Gasteiger partial charge >= 0.3 is 0 Å². The highest BCUT2D eigenvalue weighted by Gasteiger charge is 2.54. The number of aliphatic hydroxyl groups excluding tert-OH is 1. The first-order chi connectivity index (χ1) is 10.0. The predicted octanol–water partition coefficient (Wildman–Crippen LogP) is 4.77. The van der Waals surface area contributed by atoms with Crippen LogP contribution in [-0.4, -0.2) is 11.2 Å². The molecule has 3 aliphatic carbocycles. The molecule has 1 aromatic carbocycles. The number of benzene rings is 1. The van der Waals surface area contributed by atoms with E-state index in [-0.39, 0.29) is 11.5 Å². The van der Waals surface area contributed by atoms with Gasteiger partial charge in [0, 0.05) is 0 Å². The lowest BCUT2D eigenvalue weighted by Gasteiger charge is -2.51. The van der Waals surface area contributed by atoms with Crippen LogP contribution in [0.4, 0.5) is 0 Å². The highest BCUT2D eigenvalue weighted by molar-refractivity contribution is 5.40. The quantitative estimate of drug-likeness (QED) is 0.727. The van der Waals surface area contributed by atoms with Crippen LogP contribution in [-0.2, 0) is 0 Å². The van der Waals surface area contributed by atoms with E-state index in [1.807, 2.05) is 0 Å². The summed E-state index contributed by atoms with van der Waals surface area (Å²) in [6, 6.07) is 7.13. The van der Waals surface area contributed by atoms with Gasteiger partial charge in [0.25, 0.3) is 0 Å². The molecule has 0 bridgehead atoms. The van der Waals surface area contributed by atoms with Crippen molar-refractivity contribution in [2.45, 2.75) is 70.8 Å². The molecule has 2 unspecified atom stereocenters. The van der Waals surface area contributed by atoms with E-state index in [1.165, 1.54) is 31.2 Å². The van der Waals surface area contributed by atoms with Crippen LogP contribution >= 0.6 is 0 Å². The van der Waals surface area contributed by atoms with E-state index in [9.17, 15) is 5.11 Å². The molecule has 2 fully saturated rings. The zero-order valence-electron chi connectivity index (χ0n) is 13.6. The summed E-state index contributed by atoms with van der Waals surface area (Å²) < 4.78 is 0. The Balaban J connectivity index is 1.75. The summed E-state index contributed by atoms with van der Waals surface area (Å²) in [6.45, 7) is 6.98. The second kappa shape index (κ2) is 4.59. The minimum Gasteiger partial charge on any atom is -0.393 e. The molecule has 0 aromatic heterocycles. The van der Waals surface area contributed by atoms with E-state index in [2.05, 4.69) is 39.0 Å². The molecule has 0 spiro atoms. The van der Waals surface area contributed by atoms with Crippen molar-refractivity contribution < 1.29 is 5.11 Å². The zero-order chi connectivity index (χ0) is 14.8. The van der Waals surface area contributed by atoms with Crippen LogP contribution in [0.5, 0.6) is 0 Å². The Hall–Kier alpha value is -0.820. The van der Waals surface area contributed by atoms with E-state index >= 15 is 0 Å². The Morgan fingerprint density at radius 2 is 1.95 bits per heavy atom. The van der Waals surface area contributed by atoms with Gasteiger partial charge < -0.3 is 5.11 Å². The van der Waals surface area contributed by atoms with Crippen molar-refractivity contribution >= 4 is 0 Å². The molecule has 1 N–H and O–H groups in total. The number of aliphatic hydroxyl groups is 1. The van der Waals surface area contributed by atoms with Crippen LogP contribution in [0.25, 0.3) is 0 Å². The van der Waals surface area contributed by atoms with Crippen molar-refractivity contribution in [1.82, 2.24) is 0 Å². The van der Waals surface area contributed by atoms with Crippen LogP contribution in [0.2, 0.25) is 0 Å². The Labute approximate surface area is 128 Å². The Morgan fingerprint density at radius 1 is 1.14 bits per heavy atom. The number of rotatable bonds is 0. The second-order valence-electron chi connectivity index (χ2n) is 8.28. The molecule has 4 rings (SSSR count). The maximum absolute atomic E-state index is 10.5. The molecule has 1 nitrogen and oxygen atoms in total. The molecular weight excluding hydrogens is 256 g/mol. The minimum absolute atomic E-state index is 0.0572. The molecule has 0 amide bonds. The van der Waals surface area contributed by atoms with Gasteiger partial charge in [0.15, 0.2) is 0 Å². The van der Waals surface area contributed by atoms with Gasteiger partial charge in [-0.2, -0.15) is 0 Å². The van der Waals surface area contributed by atoms with E-state index in [0.717, 1.165) is 24.2 Å². The number of hydrogen-bond donors (Lipinski definition) is 1. The third-order valence-electron chi connectivity index (χ3n) is 7.19. The van der Waals surface area contributed by atoms with Crippen LogP contribution in [0.3, 0.4) is 0 Å². The molecule has 21 heavy (non-hydrogen) atoms. The first kappa shape index (κ1) is 13.8. The van der Waals surface area contributed by atoms with Gasteiger partial charge in [-0.05, 0) is 79.2 Å². The lowest BCUT2D eigenvalue weighted by atomic mass is 9.54. The summed E-state index contributed by atoms with van der Waals surface area (Å²) in [5.74, 6) is 2.97. The van der Waals surface area contributed by atoms with Gasteiger partial charge in [-0.3, -0.25) is 0 Å². The molecule has 1 heteroatoms. The Kier molecular flexibility index (Phi) is 3.02. The molecule has 0 aliphatic heterocycles. The van der Waals surface area contributed by atoms with Gasteiger partial charge in [0.05, 0.1) is 6.10 Å². The fourth-order valence-electron chi connectivity index (χ4n) is 5.97. The minimum atomic E-state index is -0.0572. The molecule has 0 heterocycles. The second-order valence-corrected chi connectivity index (χ2v) is 8.28. The fraction of sp³-hybridized carbons (Fsp3) is 0.700. The average molecular weight is 284 g/mol. The summed E-state index contributed by atoms with van der Waals surface area (Å²) in [4.78, 5) is 0. The SMILES string of the molecule is Cc1ccc2c(c1)[C@@H](C)C[C@@H]1C2CC[C@@]2(C)C1CC[C@@H]2O. The summed E-state index contributed by atoms with van der Waals surface area (Å²) in [5.41, 5.74) is 4.84. The van der Waals surface area contributed by atoms with Crippen LogP contribution in [0.1, 0.15) is 74.5 Å². The van der Waals surface area contributed by atoms with Gasteiger partial charge in [0.1, 0.15) is 0 Å². The maximum atomic E-state index is 10.5. The topological polar surface area (TPSA) is 20.2 Å². The van der Waals surface area contributed by atoms with Crippen molar-refractivity contribution in [2.24, 2.45) is 17.3 Å². The number of fused-ring (bicyclic) bond motifs is 5. The maximum Gasteiger partial charge on any atom is 0.0596 e. The Morgan fingerprint density at radius 3 is 2.76 bits per heavy atom. The van der Waals surface area contributed by atoms with E-state index in [0.29, 0.717) is 5.92 Å².